The van der Waals surface area contributed by atoms with Crippen molar-refractivity contribution in [1.82, 2.24) is 15.5 Å². The van der Waals surface area contributed by atoms with E-state index in [2.05, 4.69) is 15.5 Å². The molecule has 0 saturated carbocycles. The monoisotopic (exact) mass is 628 g/mol. The summed E-state index contributed by atoms with van der Waals surface area (Å²) >= 11 is 0. The summed E-state index contributed by atoms with van der Waals surface area (Å²) < 4.78 is 39.0. The number of nitrogens with zero attached hydrogens (tertiary/aromatic N) is 2. The van der Waals surface area contributed by atoms with Gasteiger partial charge in [0.1, 0.15) is 29.5 Å². The molecule has 3 atom stereocenters. The lowest BCUT2D eigenvalue weighted by Crippen LogP contribution is -2.56. The van der Waals surface area contributed by atoms with Gasteiger partial charge in [0.05, 0.1) is 25.3 Å². The number of amides is 3. The number of hydrogen-bond donors (Lipinski definition) is 2. The molecule has 12 heteroatoms. The van der Waals surface area contributed by atoms with Crippen molar-refractivity contribution in [3.05, 3.63) is 95.6 Å². The second-order valence-electron chi connectivity index (χ2n) is 10.6. The molecule has 1 fully saturated rings. The molecule has 0 spiro atoms. The number of carbonyl (C=O) groups excluding carboxylic acids is 3. The topological polar surface area (TPSA) is 100 Å². The Kier molecular flexibility index (Phi) is 11.3. The van der Waals surface area contributed by atoms with Crippen molar-refractivity contribution < 1.29 is 32.6 Å². The first kappa shape index (κ1) is 32.8. The van der Waals surface area contributed by atoms with E-state index in [0.717, 1.165) is 31.3 Å². The number of anilines is 1. The van der Waals surface area contributed by atoms with E-state index in [1.54, 1.807) is 11.0 Å². The summed E-state index contributed by atoms with van der Waals surface area (Å²) in [5, 5.41) is 5.38. The number of para-hydroxylation sites is 2. The third kappa shape index (κ3) is 8.10. The maximum Gasteiger partial charge on any atom is 0.253 e. The molecule has 0 aromatic heterocycles. The predicted octanol–water partition coefficient (Wildman–Crippen LogP) is 3.42. The van der Waals surface area contributed by atoms with Crippen LogP contribution in [0.3, 0.4) is 0 Å². The van der Waals surface area contributed by atoms with Crippen LogP contribution in [0.25, 0.3) is 0 Å². The average Bonchev–Trinajstić information content (AvgIpc) is 3.10. The highest BCUT2D eigenvalue weighted by Gasteiger charge is 2.41. The van der Waals surface area contributed by atoms with Crippen LogP contribution in [-0.2, 0) is 25.5 Å². The lowest BCUT2D eigenvalue weighted by Gasteiger charge is -2.31. The molecule has 0 bridgehead atoms. The average molecular weight is 629 g/mol. The highest BCUT2D eigenvalue weighted by Crippen LogP contribution is 2.37. The highest BCUT2D eigenvalue weighted by atomic mass is 35.5. The van der Waals surface area contributed by atoms with Gasteiger partial charge in [-0.05, 0) is 42.3 Å². The zero-order chi connectivity index (χ0) is 30.3. The van der Waals surface area contributed by atoms with Crippen molar-refractivity contribution in [1.29, 1.82) is 0 Å². The fourth-order valence-corrected chi connectivity index (χ4v) is 5.27. The Labute approximate surface area is 260 Å². The Morgan fingerprint density at radius 1 is 0.955 bits per heavy atom. The molecule has 2 aliphatic rings. The van der Waals surface area contributed by atoms with Gasteiger partial charge in [-0.3, -0.25) is 19.3 Å². The smallest absolute Gasteiger partial charge is 0.253 e. The van der Waals surface area contributed by atoms with Gasteiger partial charge < -0.3 is 25.0 Å². The van der Waals surface area contributed by atoms with E-state index in [1.165, 1.54) is 6.92 Å². The van der Waals surface area contributed by atoms with Crippen LogP contribution >= 0.6 is 12.4 Å². The van der Waals surface area contributed by atoms with Gasteiger partial charge >= 0.3 is 0 Å². The Morgan fingerprint density at radius 2 is 1.61 bits per heavy atom. The standard InChI is InChI=1S/C32H34F2N4O5.ClH/c1-21(35-28(39)19-22-17-24(33)20-25(34)18-22)31(40)36-29-30(23-7-3-2-4-8-23)43-27-10-6-5-9-26(27)38(32(29)41)12-11-37-13-15-42-16-14-37;/h2-10,17-18,20-21,29-30H,11-16,19H2,1H3,(H,35,39)(H,36,40);1H/t21-,29+,30-;/m0./s1. The van der Waals surface area contributed by atoms with Crippen LogP contribution in [0.1, 0.15) is 24.2 Å². The molecule has 44 heavy (non-hydrogen) atoms. The minimum absolute atomic E-state index is 0. The van der Waals surface area contributed by atoms with E-state index in [-0.39, 0.29) is 30.3 Å². The molecule has 3 amide bonds. The third-order valence-electron chi connectivity index (χ3n) is 7.47. The second kappa shape index (κ2) is 15.1. The molecule has 9 nitrogen and oxygen atoms in total. The fourth-order valence-electron chi connectivity index (χ4n) is 5.27. The number of nitrogens with one attached hydrogen (secondary N) is 2. The molecule has 234 valence electrons. The van der Waals surface area contributed by atoms with Crippen LogP contribution in [0.5, 0.6) is 5.75 Å². The summed E-state index contributed by atoms with van der Waals surface area (Å²) in [5.74, 6) is -2.66. The molecule has 0 radical (unpaired) electrons. The zero-order valence-corrected chi connectivity index (χ0v) is 25.0. The summed E-state index contributed by atoms with van der Waals surface area (Å²) in [5.41, 5.74) is 1.42. The van der Waals surface area contributed by atoms with Gasteiger partial charge in [-0.1, -0.05) is 42.5 Å². The van der Waals surface area contributed by atoms with Crippen LogP contribution < -0.4 is 20.3 Å². The highest BCUT2D eigenvalue weighted by molar-refractivity contribution is 6.02. The zero-order valence-electron chi connectivity index (χ0n) is 24.2. The van der Waals surface area contributed by atoms with E-state index < -0.39 is 41.6 Å². The quantitative estimate of drug-likeness (QED) is 0.377. The Bertz CT molecular complexity index is 1440. The Morgan fingerprint density at radius 3 is 2.32 bits per heavy atom. The summed E-state index contributed by atoms with van der Waals surface area (Å²) in [4.78, 5) is 44.2. The first-order valence-corrected chi connectivity index (χ1v) is 14.3. The van der Waals surface area contributed by atoms with Gasteiger partial charge in [0.2, 0.25) is 11.8 Å². The second-order valence-corrected chi connectivity index (χ2v) is 10.6. The normalized spacial score (nSPS) is 19.1. The molecule has 0 aliphatic carbocycles. The summed E-state index contributed by atoms with van der Waals surface area (Å²) in [7, 11) is 0. The van der Waals surface area contributed by atoms with Gasteiger partial charge in [0.15, 0.2) is 6.10 Å². The van der Waals surface area contributed by atoms with Crippen molar-refractivity contribution in [3.8, 4) is 5.75 Å². The van der Waals surface area contributed by atoms with Crippen molar-refractivity contribution in [3.63, 3.8) is 0 Å². The molecular formula is C32H35ClF2N4O5. The van der Waals surface area contributed by atoms with Crippen LogP contribution in [0.15, 0.2) is 72.8 Å². The maximum atomic E-state index is 14.3. The third-order valence-corrected chi connectivity index (χ3v) is 7.47. The number of benzene rings is 3. The number of carbonyl (C=O) groups is 3. The van der Waals surface area contributed by atoms with Crippen molar-refractivity contribution >= 4 is 35.8 Å². The summed E-state index contributed by atoms with van der Waals surface area (Å²) in [6.45, 7) is 5.21. The number of hydrogen-bond acceptors (Lipinski definition) is 6. The van der Waals surface area contributed by atoms with E-state index in [0.29, 0.717) is 43.3 Å². The minimum atomic E-state index is -1.12. The SMILES string of the molecule is C[C@H](NC(=O)Cc1cc(F)cc(F)c1)C(=O)N[C@H]1C(=O)N(CCN2CCOCC2)c2ccccc2O[C@H]1c1ccccc1.Cl. The van der Waals surface area contributed by atoms with Crippen molar-refractivity contribution in [2.45, 2.75) is 31.5 Å². The molecule has 5 rings (SSSR count). The van der Waals surface area contributed by atoms with Gasteiger partial charge in [-0.15, -0.1) is 12.4 Å². The molecule has 3 aromatic rings. The Hall–Kier alpha value is -4.06. The van der Waals surface area contributed by atoms with Crippen molar-refractivity contribution in [2.24, 2.45) is 0 Å². The summed E-state index contributed by atoms with van der Waals surface area (Å²) in [6.07, 6.45) is -1.18. The lowest BCUT2D eigenvalue weighted by molar-refractivity contribution is -0.132. The number of fused-ring (bicyclic) bond motifs is 1. The Balaban J connectivity index is 0.00000442. The molecule has 2 N–H and O–H groups in total. The largest absolute Gasteiger partial charge is 0.481 e. The maximum absolute atomic E-state index is 14.3. The first-order valence-electron chi connectivity index (χ1n) is 14.3. The van der Waals surface area contributed by atoms with Gasteiger partial charge in [0, 0.05) is 32.2 Å². The predicted molar refractivity (Wildman–Crippen MR) is 163 cm³/mol. The number of morpholine rings is 1. The van der Waals surface area contributed by atoms with Gasteiger partial charge in [0.25, 0.3) is 5.91 Å². The van der Waals surface area contributed by atoms with Crippen LogP contribution in [0, 0.1) is 11.6 Å². The molecule has 0 unspecified atom stereocenters. The van der Waals surface area contributed by atoms with E-state index in [4.69, 9.17) is 9.47 Å². The number of halogens is 3. The van der Waals surface area contributed by atoms with E-state index in [9.17, 15) is 23.2 Å². The summed E-state index contributed by atoms with van der Waals surface area (Å²) in [6, 6.07) is 17.1. The first-order chi connectivity index (χ1) is 20.8. The van der Waals surface area contributed by atoms with Crippen LogP contribution in [0.2, 0.25) is 0 Å². The molecular weight excluding hydrogens is 594 g/mol. The van der Waals surface area contributed by atoms with Crippen molar-refractivity contribution in [2.75, 3.05) is 44.3 Å². The minimum Gasteiger partial charge on any atom is -0.481 e. The van der Waals surface area contributed by atoms with Crippen LogP contribution in [0.4, 0.5) is 14.5 Å². The van der Waals surface area contributed by atoms with Gasteiger partial charge in [-0.25, -0.2) is 8.78 Å². The number of ether oxygens (including phenoxy) is 2. The fraction of sp³-hybridized carbons (Fsp3) is 0.344. The van der Waals surface area contributed by atoms with Gasteiger partial charge in [-0.2, -0.15) is 0 Å². The van der Waals surface area contributed by atoms with E-state index in [1.807, 2.05) is 48.5 Å². The molecule has 2 heterocycles. The van der Waals surface area contributed by atoms with Crippen LogP contribution in [-0.4, -0.2) is 74.1 Å². The molecule has 2 aliphatic heterocycles. The molecule has 1 saturated heterocycles. The van der Waals surface area contributed by atoms with E-state index >= 15 is 0 Å². The number of rotatable bonds is 9. The lowest BCUT2D eigenvalue weighted by atomic mass is 10.0. The molecule has 3 aromatic carbocycles.